The lowest BCUT2D eigenvalue weighted by molar-refractivity contribution is 0.560. The number of rotatable bonds is 4. The summed E-state index contributed by atoms with van der Waals surface area (Å²) in [4.78, 5) is 10.4. The normalized spacial score (nSPS) is 16.1. The SMILES string of the molecule is CC1(c2nc(-c3ccccc3)c3ccccc3n2)C=CC(n2c3ccccc3c3cc(-c4ccc5sc6ccc7ccccc7c6c5c4)ccc32)=CC1. The molecule has 1 aliphatic rings. The van der Waals surface area contributed by atoms with Crippen LogP contribution in [0.4, 0.5) is 0 Å². The first kappa shape index (κ1) is 30.3. The molecule has 0 amide bonds. The van der Waals surface area contributed by atoms with E-state index in [1.54, 1.807) is 0 Å². The average molecular weight is 696 g/mol. The van der Waals surface area contributed by atoms with Gasteiger partial charge in [0.2, 0.25) is 0 Å². The molecule has 0 radical (unpaired) electrons. The number of fused-ring (bicyclic) bond motifs is 9. The molecule has 0 fully saturated rings. The first-order valence-electron chi connectivity index (χ1n) is 18.2. The fourth-order valence-electron chi connectivity index (χ4n) is 8.36. The van der Waals surface area contributed by atoms with Crippen molar-refractivity contribution in [2.75, 3.05) is 0 Å². The Labute approximate surface area is 310 Å². The van der Waals surface area contributed by atoms with Gasteiger partial charge in [-0.3, -0.25) is 0 Å². The standard InChI is InChI=1S/C49H33N3S/c1-49(48-50-41-17-9-7-16-38(41)47(51-48)32-12-3-2-4-13-32)27-25-35(26-28-49)52-42-18-10-8-15-37(42)39-29-33(19-22-43(39)52)34-21-23-44-40(30-34)46-36-14-6-5-11-31(36)20-24-45(46)53-44/h2-27,29-30H,28H2,1H3. The van der Waals surface area contributed by atoms with Crippen LogP contribution in [-0.4, -0.2) is 14.5 Å². The monoisotopic (exact) mass is 695 g/mol. The van der Waals surface area contributed by atoms with Crippen molar-refractivity contribution in [2.45, 2.75) is 18.8 Å². The Bertz CT molecular complexity index is 3160. The number of aromatic nitrogens is 3. The number of allylic oxidation sites excluding steroid dienone is 4. The summed E-state index contributed by atoms with van der Waals surface area (Å²) in [5.41, 5.74) is 8.75. The highest BCUT2D eigenvalue weighted by Crippen LogP contribution is 2.43. The second-order valence-electron chi connectivity index (χ2n) is 14.4. The molecule has 0 bridgehead atoms. The minimum absolute atomic E-state index is 0.348. The van der Waals surface area contributed by atoms with Crippen LogP contribution >= 0.6 is 11.3 Å². The molecule has 0 N–H and O–H groups in total. The van der Waals surface area contributed by atoms with Gasteiger partial charge in [0.15, 0.2) is 0 Å². The summed E-state index contributed by atoms with van der Waals surface area (Å²) in [6, 6.07) is 54.8. The molecule has 0 saturated heterocycles. The first-order chi connectivity index (χ1) is 26.1. The van der Waals surface area contributed by atoms with Crippen molar-refractivity contribution in [3.05, 3.63) is 176 Å². The number of benzene rings is 7. The molecular weight excluding hydrogens is 663 g/mol. The zero-order valence-corrected chi connectivity index (χ0v) is 29.9. The number of para-hydroxylation sites is 2. The van der Waals surface area contributed by atoms with Gasteiger partial charge in [-0.1, -0.05) is 121 Å². The Hall–Kier alpha value is -6.36. The van der Waals surface area contributed by atoms with Crippen LogP contribution in [0.3, 0.4) is 0 Å². The van der Waals surface area contributed by atoms with Crippen molar-refractivity contribution in [2.24, 2.45) is 0 Å². The summed E-state index contributed by atoms with van der Waals surface area (Å²) in [6.07, 6.45) is 7.73. The molecule has 0 spiro atoms. The van der Waals surface area contributed by atoms with E-state index in [1.807, 2.05) is 17.4 Å². The van der Waals surface area contributed by atoms with E-state index in [2.05, 4.69) is 175 Å². The Morgan fingerprint density at radius 2 is 1.26 bits per heavy atom. The maximum absolute atomic E-state index is 5.24. The summed E-state index contributed by atoms with van der Waals surface area (Å²) in [5, 5.41) is 8.87. The van der Waals surface area contributed by atoms with E-state index >= 15 is 0 Å². The van der Waals surface area contributed by atoms with Crippen LogP contribution in [0.25, 0.3) is 91.7 Å². The molecule has 3 nitrogen and oxygen atoms in total. The highest BCUT2D eigenvalue weighted by molar-refractivity contribution is 7.26. The van der Waals surface area contributed by atoms with E-state index in [0.29, 0.717) is 0 Å². The molecule has 1 aliphatic carbocycles. The summed E-state index contributed by atoms with van der Waals surface area (Å²) in [5.74, 6) is 0.844. The van der Waals surface area contributed by atoms with Crippen LogP contribution < -0.4 is 0 Å². The lowest BCUT2D eigenvalue weighted by atomic mass is 9.81. The molecule has 10 aromatic rings. The number of nitrogens with zero attached hydrogens (tertiary/aromatic N) is 3. The van der Waals surface area contributed by atoms with Crippen molar-refractivity contribution in [3.63, 3.8) is 0 Å². The van der Waals surface area contributed by atoms with Crippen molar-refractivity contribution in [1.82, 2.24) is 14.5 Å². The van der Waals surface area contributed by atoms with Crippen molar-refractivity contribution >= 4 is 80.7 Å². The van der Waals surface area contributed by atoms with Gasteiger partial charge >= 0.3 is 0 Å². The van der Waals surface area contributed by atoms with Gasteiger partial charge in [-0.05, 0) is 83.8 Å². The van der Waals surface area contributed by atoms with Crippen LogP contribution in [-0.2, 0) is 5.41 Å². The molecule has 11 rings (SSSR count). The van der Waals surface area contributed by atoms with Gasteiger partial charge in [-0.25, -0.2) is 9.97 Å². The van der Waals surface area contributed by atoms with Gasteiger partial charge in [0.25, 0.3) is 0 Å². The van der Waals surface area contributed by atoms with Crippen molar-refractivity contribution in [1.29, 1.82) is 0 Å². The topological polar surface area (TPSA) is 30.7 Å². The molecule has 53 heavy (non-hydrogen) atoms. The van der Waals surface area contributed by atoms with Crippen LogP contribution in [0, 0.1) is 0 Å². The van der Waals surface area contributed by atoms with Crippen LogP contribution in [0.15, 0.2) is 170 Å². The maximum atomic E-state index is 5.24. The van der Waals surface area contributed by atoms with E-state index in [-0.39, 0.29) is 5.41 Å². The zero-order chi connectivity index (χ0) is 35.1. The molecule has 3 heterocycles. The Morgan fingerprint density at radius 1 is 0.566 bits per heavy atom. The van der Waals surface area contributed by atoms with Gasteiger partial charge in [-0.15, -0.1) is 11.3 Å². The highest BCUT2D eigenvalue weighted by atomic mass is 32.1. The van der Waals surface area contributed by atoms with E-state index < -0.39 is 0 Å². The van der Waals surface area contributed by atoms with Gasteiger partial charge in [-0.2, -0.15) is 0 Å². The van der Waals surface area contributed by atoms with Crippen LogP contribution in [0.2, 0.25) is 0 Å². The molecular formula is C49H33N3S. The molecule has 1 unspecified atom stereocenters. The van der Waals surface area contributed by atoms with Gasteiger partial charge < -0.3 is 4.57 Å². The van der Waals surface area contributed by atoms with Crippen molar-refractivity contribution < 1.29 is 0 Å². The predicted octanol–water partition coefficient (Wildman–Crippen LogP) is 13.4. The molecule has 250 valence electrons. The Kier molecular flexibility index (Phi) is 6.61. The van der Waals surface area contributed by atoms with Gasteiger partial charge in [0.1, 0.15) is 5.82 Å². The zero-order valence-electron chi connectivity index (χ0n) is 29.1. The quantitative estimate of drug-likeness (QED) is 0.183. The smallest absolute Gasteiger partial charge is 0.139 e. The molecule has 0 saturated carbocycles. The fourth-order valence-corrected chi connectivity index (χ4v) is 9.46. The first-order valence-corrected chi connectivity index (χ1v) is 19.0. The van der Waals surface area contributed by atoms with E-state index in [1.165, 1.54) is 69.6 Å². The third-order valence-corrected chi connectivity index (χ3v) is 12.3. The predicted molar refractivity (Wildman–Crippen MR) is 226 cm³/mol. The Balaban J connectivity index is 1.00. The second kappa shape index (κ2) is 11.6. The van der Waals surface area contributed by atoms with Gasteiger partial charge in [0.05, 0.1) is 22.2 Å². The summed E-state index contributed by atoms with van der Waals surface area (Å²) in [6.45, 7) is 2.25. The minimum Gasteiger partial charge on any atom is -0.310 e. The number of thiophene rings is 1. The molecule has 3 aromatic heterocycles. The molecule has 4 heteroatoms. The third kappa shape index (κ3) is 4.72. The van der Waals surface area contributed by atoms with Gasteiger partial charge in [0, 0.05) is 53.0 Å². The lowest BCUT2D eigenvalue weighted by Crippen LogP contribution is -2.24. The maximum Gasteiger partial charge on any atom is 0.139 e. The lowest BCUT2D eigenvalue weighted by Gasteiger charge is -2.28. The van der Waals surface area contributed by atoms with E-state index in [4.69, 9.17) is 9.97 Å². The van der Waals surface area contributed by atoms with E-state index in [0.717, 1.165) is 34.4 Å². The molecule has 7 aromatic carbocycles. The van der Waals surface area contributed by atoms with Crippen LogP contribution in [0.5, 0.6) is 0 Å². The molecule has 0 aliphatic heterocycles. The van der Waals surface area contributed by atoms with E-state index in [9.17, 15) is 0 Å². The summed E-state index contributed by atoms with van der Waals surface area (Å²) < 4.78 is 5.08. The average Bonchev–Trinajstić information content (AvgIpc) is 3.76. The Morgan fingerprint density at radius 3 is 2.11 bits per heavy atom. The fraction of sp³-hybridized carbons (Fsp3) is 0.0612. The molecule has 1 atom stereocenters. The van der Waals surface area contributed by atoms with Crippen molar-refractivity contribution in [3.8, 4) is 22.4 Å². The largest absolute Gasteiger partial charge is 0.310 e. The number of hydrogen-bond acceptors (Lipinski definition) is 3. The second-order valence-corrected chi connectivity index (χ2v) is 15.5. The number of hydrogen-bond donors (Lipinski definition) is 0. The highest BCUT2D eigenvalue weighted by Gasteiger charge is 2.30. The minimum atomic E-state index is -0.348. The van der Waals surface area contributed by atoms with Crippen LogP contribution in [0.1, 0.15) is 19.2 Å². The third-order valence-electron chi connectivity index (χ3n) is 11.1. The summed E-state index contributed by atoms with van der Waals surface area (Å²) >= 11 is 1.88. The summed E-state index contributed by atoms with van der Waals surface area (Å²) in [7, 11) is 0.